The van der Waals surface area contributed by atoms with Crippen LogP contribution in [0, 0.1) is 5.82 Å². The zero-order chi connectivity index (χ0) is 24.1. The van der Waals surface area contributed by atoms with Gasteiger partial charge in [-0.1, -0.05) is 17.4 Å². The Morgan fingerprint density at radius 1 is 1.09 bits per heavy atom. The van der Waals surface area contributed by atoms with Crippen LogP contribution in [0.5, 0.6) is 5.75 Å². The highest BCUT2D eigenvalue weighted by atomic mass is 32.2. The highest BCUT2D eigenvalue weighted by Crippen LogP contribution is 2.31. The van der Waals surface area contributed by atoms with Crippen molar-refractivity contribution in [3.8, 4) is 5.75 Å². The van der Waals surface area contributed by atoms with Gasteiger partial charge in [0.05, 0.1) is 22.1 Å². The van der Waals surface area contributed by atoms with Gasteiger partial charge in [0.1, 0.15) is 11.6 Å². The molecule has 4 rings (SSSR count). The number of fused-ring (bicyclic) bond motifs is 1. The van der Waals surface area contributed by atoms with Crippen LogP contribution in [0.15, 0.2) is 71.6 Å². The number of ether oxygens (including phenoxy) is 1. The maximum atomic E-state index is 13.1. The molecule has 9 heteroatoms. The zero-order valence-electron chi connectivity index (χ0n) is 18.5. The number of nitrogens with one attached hydrogen (secondary N) is 2. The van der Waals surface area contributed by atoms with Gasteiger partial charge in [0.15, 0.2) is 5.13 Å². The Bertz CT molecular complexity index is 1320. The third kappa shape index (κ3) is 5.92. The van der Waals surface area contributed by atoms with Crippen molar-refractivity contribution in [2.75, 3.05) is 17.2 Å². The van der Waals surface area contributed by atoms with Gasteiger partial charge < -0.3 is 15.4 Å². The van der Waals surface area contributed by atoms with E-state index in [0.717, 1.165) is 20.9 Å². The van der Waals surface area contributed by atoms with Gasteiger partial charge in [0.2, 0.25) is 5.91 Å². The zero-order valence-corrected chi connectivity index (χ0v) is 20.1. The van der Waals surface area contributed by atoms with E-state index in [-0.39, 0.29) is 11.8 Å². The van der Waals surface area contributed by atoms with Gasteiger partial charge >= 0.3 is 0 Å². The van der Waals surface area contributed by atoms with Crippen molar-refractivity contribution < 1.29 is 18.7 Å². The third-order valence-electron chi connectivity index (χ3n) is 4.78. The fourth-order valence-electron chi connectivity index (χ4n) is 3.13. The molecule has 0 aliphatic rings. The van der Waals surface area contributed by atoms with Crippen molar-refractivity contribution in [3.63, 3.8) is 0 Å². The summed E-state index contributed by atoms with van der Waals surface area (Å²) in [5, 5.41) is 5.81. The smallest absolute Gasteiger partial charge is 0.255 e. The normalized spacial score (nSPS) is 11.7. The van der Waals surface area contributed by atoms with E-state index in [9.17, 15) is 14.0 Å². The van der Waals surface area contributed by atoms with Gasteiger partial charge in [-0.2, -0.15) is 0 Å². The molecule has 2 amide bonds. The molecule has 2 N–H and O–H groups in total. The quantitative estimate of drug-likeness (QED) is 0.284. The van der Waals surface area contributed by atoms with Crippen LogP contribution in [-0.4, -0.2) is 28.7 Å². The molecule has 0 spiro atoms. The summed E-state index contributed by atoms with van der Waals surface area (Å²) in [6.07, 6.45) is 0. The van der Waals surface area contributed by atoms with Crippen LogP contribution >= 0.6 is 23.1 Å². The summed E-state index contributed by atoms with van der Waals surface area (Å²) in [5.41, 5.74) is 1.74. The molecule has 0 aliphatic carbocycles. The molecule has 0 saturated heterocycles. The summed E-state index contributed by atoms with van der Waals surface area (Å²) in [6, 6.07) is 18.2. The van der Waals surface area contributed by atoms with Crippen LogP contribution in [0.1, 0.15) is 24.2 Å². The number of halogens is 1. The lowest BCUT2D eigenvalue weighted by Crippen LogP contribution is -2.22. The van der Waals surface area contributed by atoms with Crippen molar-refractivity contribution in [1.29, 1.82) is 0 Å². The number of amides is 2. The van der Waals surface area contributed by atoms with Crippen LogP contribution < -0.4 is 15.4 Å². The lowest BCUT2D eigenvalue weighted by Gasteiger charge is -2.12. The highest BCUT2D eigenvalue weighted by Gasteiger charge is 2.17. The van der Waals surface area contributed by atoms with Gasteiger partial charge in [0, 0.05) is 16.1 Å². The van der Waals surface area contributed by atoms with E-state index in [1.54, 1.807) is 18.2 Å². The summed E-state index contributed by atoms with van der Waals surface area (Å²) >= 11 is 2.76. The molecule has 1 heterocycles. The Kier molecular flexibility index (Phi) is 7.44. The number of hydrogen-bond acceptors (Lipinski definition) is 6. The van der Waals surface area contributed by atoms with Gasteiger partial charge in [-0.3, -0.25) is 9.59 Å². The molecule has 3 aromatic carbocycles. The lowest BCUT2D eigenvalue weighted by molar-refractivity contribution is -0.115. The van der Waals surface area contributed by atoms with Crippen LogP contribution in [0.2, 0.25) is 0 Å². The Balaban J connectivity index is 1.38. The largest absolute Gasteiger partial charge is 0.494 e. The average molecular weight is 496 g/mol. The van der Waals surface area contributed by atoms with Crippen LogP contribution in [0.3, 0.4) is 0 Å². The number of aromatic nitrogens is 1. The number of thiazole rings is 1. The molecule has 0 fully saturated rings. The number of nitrogens with zero attached hydrogens (tertiary/aromatic N) is 1. The van der Waals surface area contributed by atoms with E-state index in [1.165, 1.54) is 47.4 Å². The average Bonchev–Trinajstić information content (AvgIpc) is 3.21. The Hall–Kier alpha value is -3.43. The minimum atomic E-state index is -0.400. The van der Waals surface area contributed by atoms with Gasteiger partial charge in [-0.15, -0.1) is 11.8 Å². The Labute approximate surface area is 204 Å². The molecule has 0 aliphatic heterocycles. The first-order valence-electron chi connectivity index (χ1n) is 10.6. The second-order valence-corrected chi connectivity index (χ2v) is 9.76. The maximum Gasteiger partial charge on any atom is 0.255 e. The molecule has 6 nitrogen and oxygen atoms in total. The van der Waals surface area contributed by atoms with Crippen molar-refractivity contribution in [1.82, 2.24) is 4.98 Å². The van der Waals surface area contributed by atoms with Crippen LogP contribution in [-0.2, 0) is 4.79 Å². The van der Waals surface area contributed by atoms with Crippen LogP contribution in [0.4, 0.5) is 15.2 Å². The minimum absolute atomic E-state index is 0.171. The molecule has 0 radical (unpaired) electrons. The molecule has 174 valence electrons. The molecule has 1 aromatic heterocycles. The first-order valence-corrected chi connectivity index (χ1v) is 12.3. The maximum absolute atomic E-state index is 13.1. The minimum Gasteiger partial charge on any atom is -0.494 e. The fraction of sp³-hybridized carbons (Fsp3) is 0.160. The molecular weight excluding hydrogens is 473 g/mol. The van der Waals surface area contributed by atoms with Crippen LogP contribution in [0.25, 0.3) is 10.2 Å². The first-order chi connectivity index (χ1) is 16.4. The number of rotatable bonds is 8. The molecule has 4 aromatic rings. The molecular formula is C25H22FN3O3S2. The van der Waals surface area contributed by atoms with E-state index in [1.807, 2.05) is 38.1 Å². The summed E-state index contributed by atoms with van der Waals surface area (Å²) in [4.78, 5) is 30.4. The monoisotopic (exact) mass is 495 g/mol. The van der Waals surface area contributed by atoms with Gasteiger partial charge in [0.25, 0.3) is 5.91 Å². The predicted octanol–water partition coefficient (Wildman–Crippen LogP) is 6.21. The number of hydrogen-bond donors (Lipinski definition) is 2. The number of carbonyl (C=O) groups excluding carboxylic acids is 2. The van der Waals surface area contributed by atoms with Crippen molar-refractivity contribution >= 4 is 55.9 Å². The SMILES string of the molecule is CCOc1ccc2nc(NC(=O)C(C)Sc3cccc(NC(=O)c4ccc(F)cc4)c3)sc2c1. The second kappa shape index (κ2) is 10.7. The lowest BCUT2D eigenvalue weighted by atomic mass is 10.2. The summed E-state index contributed by atoms with van der Waals surface area (Å²) in [6.45, 7) is 4.32. The highest BCUT2D eigenvalue weighted by molar-refractivity contribution is 8.00. The summed E-state index contributed by atoms with van der Waals surface area (Å²) < 4.78 is 19.5. The molecule has 34 heavy (non-hydrogen) atoms. The standard InChI is InChI=1S/C25H22FN3O3S2/c1-3-32-19-11-12-21-22(14-19)34-25(28-21)29-23(30)15(2)33-20-6-4-5-18(13-20)27-24(31)16-7-9-17(26)10-8-16/h4-15H,3H2,1-2H3,(H,27,31)(H,28,29,30). The number of carbonyl (C=O) groups is 2. The third-order valence-corrected chi connectivity index (χ3v) is 6.81. The van der Waals surface area contributed by atoms with E-state index >= 15 is 0 Å². The number of thioether (sulfide) groups is 1. The summed E-state index contributed by atoms with van der Waals surface area (Å²) in [5.74, 6) is -0.138. The Morgan fingerprint density at radius 3 is 2.65 bits per heavy atom. The molecule has 1 atom stereocenters. The Morgan fingerprint density at radius 2 is 1.88 bits per heavy atom. The van der Waals surface area contributed by atoms with E-state index in [2.05, 4.69) is 15.6 Å². The number of anilines is 2. The topological polar surface area (TPSA) is 80.3 Å². The number of benzene rings is 3. The van der Waals surface area contributed by atoms with Crippen molar-refractivity contribution in [2.24, 2.45) is 0 Å². The van der Waals surface area contributed by atoms with E-state index in [0.29, 0.717) is 23.0 Å². The fourth-order valence-corrected chi connectivity index (χ4v) is 4.95. The second-order valence-electron chi connectivity index (χ2n) is 7.32. The molecule has 0 bridgehead atoms. The van der Waals surface area contributed by atoms with E-state index in [4.69, 9.17) is 4.74 Å². The molecule has 1 unspecified atom stereocenters. The van der Waals surface area contributed by atoms with Gasteiger partial charge in [-0.05, 0) is 74.5 Å². The van der Waals surface area contributed by atoms with Crippen molar-refractivity contribution in [2.45, 2.75) is 24.0 Å². The van der Waals surface area contributed by atoms with E-state index < -0.39 is 11.1 Å². The first kappa shape index (κ1) is 23.7. The van der Waals surface area contributed by atoms with Crippen molar-refractivity contribution in [3.05, 3.63) is 78.1 Å². The van der Waals surface area contributed by atoms with Gasteiger partial charge in [-0.25, -0.2) is 9.37 Å². The molecule has 0 saturated carbocycles. The predicted molar refractivity (Wildman–Crippen MR) is 136 cm³/mol. The summed E-state index contributed by atoms with van der Waals surface area (Å²) in [7, 11) is 0.